The lowest BCUT2D eigenvalue weighted by molar-refractivity contribution is -0.492. The van der Waals surface area contributed by atoms with Crippen LogP contribution < -0.4 is 24.9 Å². The van der Waals surface area contributed by atoms with Gasteiger partial charge in [-0.25, -0.2) is 0 Å². The summed E-state index contributed by atoms with van der Waals surface area (Å²) in [5, 5.41) is 20.7. The first kappa shape index (κ1) is 21.5. The van der Waals surface area contributed by atoms with Gasteiger partial charge in [0.25, 0.3) is 5.84 Å². The fourth-order valence-electron chi connectivity index (χ4n) is 4.67. The molecular formula is C20H25N4O3S2+. The van der Waals surface area contributed by atoms with Gasteiger partial charge >= 0.3 is 0 Å². The number of rotatable bonds is 8. The first-order valence-electron chi connectivity index (χ1n) is 9.25. The molecule has 3 N–H and O–H groups in total. The van der Waals surface area contributed by atoms with Crippen LogP contribution in [0, 0.1) is 33.5 Å². The Morgan fingerprint density at radius 3 is 2.10 bits per heavy atom. The number of nitrogens with one attached hydrogen (secondary N) is 1. The lowest BCUT2D eigenvalue weighted by Crippen LogP contribution is -2.86. The number of ether oxygens (including phenoxy) is 3. The molecule has 1 aromatic rings. The van der Waals surface area contributed by atoms with E-state index in [1.165, 1.54) is 14.2 Å². The number of benzene rings is 1. The summed E-state index contributed by atoms with van der Waals surface area (Å²) in [6.07, 6.45) is 0. The molecule has 1 heterocycles. The zero-order valence-corrected chi connectivity index (χ0v) is 18.8. The number of methoxy groups -OCH3 is 3. The zero-order valence-electron chi connectivity index (χ0n) is 17.2. The van der Waals surface area contributed by atoms with Crippen LogP contribution in [0.25, 0.3) is 0 Å². The minimum absolute atomic E-state index is 0.338. The van der Waals surface area contributed by atoms with Crippen LogP contribution in [0.15, 0.2) is 12.1 Å². The molecule has 7 nitrogen and oxygen atoms in total. The number of hydrogen-bond acceptors (Lipinski definition) is 8. The minimum atomic E-state index is -1.15. The van der Waals surface area contributed by atoms with Gasteiger partial charge in [-0.1, -0.05) is 43.4 Å². The van der Waals surface area contributed by atoms with Crippen LogP contribution in [0.3, 0.4) is 0 Å². The van der Waals surface area contributed by atoms with Gasteiger partial charge in [0.15, 0.2) is 22.3 Å². The molecule has 29 heavy (non-hydrogen) atoms. The Hall–Kier alpha value is -2.23. The highest BCUT2D eigenvalue weighted by molar-refractivity contribution is 8.17. The minimum Gasteiger partial charge on any atom is -0.493 e. The van der Waals surface area contributed by atoms with Crippen molar-refractivity contribution in [3.05, 3.63) is 17.7 Å². The maximum atomic E-state index is 10.5. The van der Waals surface area contributed by atoms with Gasteiger partial charge in [-0.05, 0) is 17.6 Å². The van der Waals surface area contributed by atoms with E-state index in [-0.39, 0.29) is 0 Å². The van der Waals surface area contributed by atoms with Gasteiger partial charge in [-0.15, -0.1) is 0 Å². The fraction of sp³-hybridized carbons (Fsp3) is 0.550. The summed E-state index contributed by atoms with van der Waals surface area (Å²) in [5.41, 5.74) is 4.93. The molecule has 1 aliphatic carbocycles. The van der Waals surface area contributed by atoms with Crippen molar-refractivity contribution >= 4 is 29.4 Å². The van der Waals surface area contributed by atoms with E-state index in [9.17, 15) is 10.5 Å². The van der Waals surface area contributed by atoms with E-state index >= 15 is 0 Å². The normalized spacial score (nSPS) is 28.5. The Balaban J connectivity index is 2.30. The highest BCUT2D eigenvalue weighted by Gasteiger charge is 2.95. The molecule has 3 unspecified atom stereocenters. The quantitative estimate of drug-likeness (QED) is 0.592. The molecule has 0 aromatic heterocycles. The summed E-state index contributed by atoms with van der Waals surface area (Å²) in [5.74, 6) is 2.83. The van der Waals surface area contributed by atoms with Crippen LogP contribution in [0.1, 0.15) is 25.3 Å². The van der Waals surface area contributed by atoms with Crippen molar-refractivity contribution in [2.24, 2.45) is 16.6 Å². The monoisotopic (exact) mass is 433 g/mol. The Bertz CT molecular complexity index is 933. The van der Waals surface area contributed by atoms with Crippen LogP contribution in [-0.2, 0) is 0 Å². The lowest BCUT2D eigenvalue weighted by Gasteiger charge is -2.29. The molecule has 0 bridgehead atoms. The van der Waals surface area contributed by atoms with E-state index in [2.05, 4.69) is 17.1 Å². The van der Waals surface area contributed by atoms with E-state index in [1.54, 1.807) is 36.7 Å². The van der Waals surface area contributed by atoms with Gasteiger partial charge in [-0.3, -0.25) is 10.7 Å². The third kappa shape index (κ3) is 2.41. The van der Waals surface area contributed by atoms with Crippen molar-refractivity contribution in [3.63, 3.8) is 0 Å². The summed E-state index contributed by atoms with van der Waals surface area (Å²) in [4.78, 5) is 3.32. The van der Waals surface area contributed by atoms with Gasteiger partial charge in [-0.2, -0.15) is 10.5 Å². The molecule has 0 saturated heterocycles. The SMILES string of the molecule is CCSC1(SCC)[NH+]=C(N)C2(C#N)C(c3ccc(OC)c(OC)c3OC)C12C#N. The van der Waals surface area contributed by atoms with Crippen LogP contribution in [-0.4, -0.2) is 42.9 Å². The number of thioether (sulfide) groups is 2. The maximum absolute atomic E-state index is 10.5. The number of hydrogen-bond donors (Lipinski definition) is 2. The molecule has 0 amide bonds. The third-order valence-corrected chi connectivity index (χ3v) is 8.69. The van der Waals surface area contributed by atoms with E-state index in [4.69, 9.17) is 19.9 Å². The first-order valence-corrected chi connectivity index (χ1v) is 11.2. The van der Waals surface area contributed by atoms with Crippen molar-refractivity contribution in [1.29, 1.82) is 10.5 Å². The van der Waals surface area contributed by atoms with E-state index in [0.717, 1.165) is 17.1 Å². The van der Waals surface area contributed by atoms with Crippen molar-refractivity contribution in [2.75, 3.05) is 32.8 Å². The molecule has 1 aliphatic heterocycles. The largest absolute Gasteiger partial charge is 0.493 e. The first-order chi connectivity index (χ1) is 13.9. The van der Waals surface area contributed by atoms with Crippen molar-refractivity contribution in [3.8, 4) is 29.4 Å². The highest BCUT2D eigenvalue weighted by Crippen LogP contribution is 2.82. The Morgan fingerprint density at radius 1 is 1.03 bits per heavy atom. The molecule has 0 radical (unpaired) electrons. The third-order valence-electron chi connectivity index (χ3n) is 5.74. The average Bonchev–Trinajstić information content (AvgIpc) is 3.31. The van der Waals surface area contributed by atoms with Gasteiger partial charge < -0.3 is 14.2 Å². The molecule has 1 fully saturated rings. The number of amidine groups is 1. The Kier molecular flexibility index (Phi) is 5.59. The molecule has 154 valence electrons. The number of nitriles is 2. The second-order valence-corrected chi connectivity index (χ2v) is 9.93. The van der Waals surface area contributed by atoms with Crippen molar-refractivity contribution < 1.29 is 19.2 Å². The topological polar surface area (TPSA) is 115 Å². The molecule has 3 rings (SSSR count). The summed E-state index contributed by atoms with van der Waals surface area (Å²) in [7, 11) is 4.62. The van der Waals surface area contributed by atoms with Gasteiger partial charge in [0, 0.05) is 11.5 Å². The predicted octanol–water partition coefficient (Wildman–Crippen LogP) is 1.44. The van der Waals surface area contributed by atoms with Crippen LogP contribution in [0.2, 0.25) is 0 Å². The standard InChI is InChI=1S/C20H24N4O3S2/c1-6-28-20(29-7-2)19(11-22)16(18(19,10-21)17(23)24-20)12-8-9-13(25-3)15(27-5)14(12)26-4/h8-9,16H,6-7H2,1-5H3,(H2,23,24)/p+1. The summed E-state index contributed by atoms with van der Waals surface area (Å²) >= 11 is 3.22. The smallest absolute Gasteiger partial charge is 0.265 e. The zero-order chi connectivity index (χ0) is 21.4. The summed E-state index contributed by atoms with van der Waals surface area (Å²) in [6.45, 7) is 4.07. The molecule has 2 aliphatic rings. The van der Waals surface area contributed by atoms with Crippen molar-refractivity contribution in [1.82, 2.24) is 0 Å². The fourth-order valence-corrected chi connectivity index (χ4v) is 7.99. The average molecular weight is 434 g/mol. The molecule has 1 saturated carbocycles. The van der Waals surface area contributed by atoms with Gasteiger partial charge in [0.1, 0.15) is 0 Å². The van der Waals surface area contributed by atoms with E-state index in [0.29, 0.717) is 23.1 Å². The Morgan fingerprint density at radius 2 is 1.66 bits per heavy atom. The highest BCUT2D eigenvalue weighted by atomic mass is 32.2. The van der Waals surface area contributed by atoms with Crippen LogP contribution in [0.4, 0.5) is 0 Å². The molecular weight excluding hydrogens is 408 g/mol. The molecule has 1 aromatic carbocycles. The number of nitrogens with two attached hydrogens (primary N) is 1. The summed E-state index contributed by atoms with van der Waals surface area (Å²) in [6, 6.07) is 8.51. The predicted molar refractivity (Wildman–Crippen MR) is 114 cm³/mol. The van der Waals surface area contributed by atoms with Crippen LogP contribution >= 0.6 is 23.5 Å². The lowest BCUT2D eigenvalue weighted by atomic mass is 9.97. The summed E-state index contributed by atoms with van der Waals surface area (Å²) < 4.78 is 15.9. The van der Waals surface area contributed by atoms with Gasteiger partial charge in [0.2, 0.25) is 9.95 Å². The van der Waals surface area contributed by atoms with Gasteiger partial charge in [0.05, 0.1) is 33.5 Å². The maximum Gasteiger partial charge on any atom is 0.265 e. The molecule has 9 heteroatoms. The molecule has 0 spiro atoms. The number of fused-ring (bicyclic) bond motifs is 1. The Labute approximate surface area is 179 Å². The second-order valence-electron chi connectivity index (χ2n) is 6.72. The van der Waals surface area contributed by atoms with E-state index < -0.39 is 21.0 Å². The van der Waals surface area contributed by atoms with Crippen LogP contribution in [0.5, 0.6) is 17.2 Å². The second kappa shape index (κ2) is 7.55. The number of nitrogens with zero attached hydrogens (tertiary/aromatic N) is 2. The van der Waals surface area contributed by atoms with E-state index in [1.807, 2.05) is 19.9 Å². The molecule has 3 atom stereocenters. The van der Waals surface area contributed by atoms with Crippen molar-refractivity contribution in [2.45, 2.75) is 24.0 Å².